The number of ether oxygens (including phenoxy) is 1. The van der Waals surface area contributed by atoms with Crippen molar-refractivity contribution in [1.29, 1.82) is 0 Å². The number of pyridine rings is 1. The molecule has 3 aliphatic rings. The molecule has 4 atom stereocenters. The minimum Gasteiger partial charge on any atom is -0.438 e. The molecule has 1 amide bonds. The Bertz CT molecular complexity index is 1220. The van der Waals surface area contributed by atoms with Gasteiger partial charge in [0.25, 0.3) is 5.91 Å². The summed E-state index contributed by atoms with van der Waals surface area (Å²) in [7, 11) is 1.76. The summed E-state index contributed by atoms with van der Waals surface area (Å²) < 4.78 is 5.93. The second-order valence-electron chi connectivity index (χ2n) is 8.68. The zero-order valence-electron chi connectivity index (χ0n) is 18.1. The molecule has 2 aromatic heterocycles. The Morgan fingerprint density at radius 1 is 1.16 bits per heavy atom. The number of hydrogen-bond donors (Lipinski definition) is 1. The average molecular weight is 431 g/mol. The third-order valence-corrected chi connectivity index (χ3v) is 6.51. The summed E-state index contributed by atoms with van der Waals surface area (Å²) in [6.07, 6.45) is 7.91. The minimum atomic E-state index is -0.238. The van der Waals surface area contributed by atoms with E-state index in [4.69, 9.17) is 4.74 Å². The van der Waals surface area contributed by atoms with E-state index in [0.717, 1.165) is 18.4 Å². The van der Waals surface area contributed by atoms with Crippen LogP contribution in [0.2, 0.25) is 0 Å². The molecule has 3 aliphatic carbocycles. The van der Waals surface area contributed by atoms with Crippen molar-refractivity contribution in [2.75, 3.05) is 6.54 Å². The molecule has 8 nitrogen and oxygen atoms in total. The van der Waals surface area contributed by atoms with Gasteiger partial charge in [0.2, 0.25) is 5.88 Å². The van der Waals surface area contributed by atoms with Crippen LogP contribution < -0.4 is 10.1 Å². The van der Waals surface area contributed by atoms with Crippen molar-refractivity contribution in [2.45, 2.75) is 19.8 Å². The number of benzene rings is 1. The van der Waals surface area contributed by atoms with Gasteiger partial charge in [0.05, 0.1) is 0 Å². The van der Waals surface area contributed by atoms with E-state index in [1.165, 1.54) is 4.80 Å². The molecule has 1 aromatic carbocycles. The first-order chi connectivity index (χ1) is 15.5. The molecular formula is C24H25N5O3. The van der Waals surface area contributed by atoms with Gasteiger partial charge in [-0.15, -0.1) is 0 Å². The minimum absolute atomic E-state index is 0.0638. The van der Waals surface area contributed by atoms with Crippen LogP contribution in [-0.2, 0) is 11.8 Å². The summed E-state index contributed by atoms with van der Waals surface area (Å²) in [5.74, 6) is 1.71. The van der Waals surface area contributed by atoms with Gasteiger partial charge in [-0.05, 0) is 61.8 Å². The molecule has 4 unspecified atom stereocenters. The second-order valence-corrected chi connectivity index (χ2v) is 8.68. The topological polar surface area (TPSA) is 99.0 Å². The van der Waals surface area contributed by atoms with Crippen LogP contribution in [0.4, 0.5) is 0 Å². The summed E-state index contributed by atoms with van der Waals surface area (Å²) >= 11 is 0. The number of aryl methyl sites for hydroxylation is 1. The van der Waals surface area contributed by atoms with E-state index < -0.39 is 0 Å². The molecule has 2 bridgehead atoms. The van der Waals surface area contributed by atoms with Gasteiger partial charge in [0.15, 0.2) is 0 Å². The van der Waals surface area contributed by atoms with Crippen LogP contribution in [0.1, 0.15) is 30.1 Å². The molecule has 1 N–H and O–H groups in total. The van der Waals surface area contributed by atoms with Gasteiger partial charge < -0.3 is 10.1 Å². The van der Waals surface area contributed by atoms with E-state index >= 15 is 0 Å². The van der Waals surface area contributed by atoms with Crippen molar-refractivity contribution in [1.82, 2.24) is 25.3 Å². The number of amides is 1. The Hall–Kier alpha value is -3.55. The Labute approximate surface area is 185 Å². The van der Waals surface area contributed by atoms with Crippen LogP contribution in [0.3, 0.4) is 0 Å². The van der Waals surface area contributed by atoms with E-state index in [-0.39, 0.29) is 35.3 Å². The third kappa shape index (κ3) is 3.88. The highest BCUT2D eigenvalue weighted by atomic mass is 16.5. The van der Waals surface area contributed by atoms with Crippen molar-refractivity contribution < 1.29 is 14.3 Å². The maximum absolute atomic E-state index is 13.0. The Morgan fingerprint density at radius 2 is 2.00 bits per heavy atom. The first kappa shape index (κ1) is 20.4. The third-order valence-electron chi connectivity index (χ3n) is 6.51. The van der Waals surface area contributed by atoms with Gasteiger partial charge in [0, 0.05) is 31.8 Å². The summed E-state index contributed by atoms with van der Waals surface area (Å²) in [5, 5.41) is 11.6. The fourth-order valence-electron chi connectivity index (χ4n) is 4.99. The lowest BCUT2D eigenvalue weighted by molar-refractivity contribution is -0.124. The van der Waals surface area contributed by atoms with E-state index in [2.05, 4.69) is 32.7 Å². The van der Waals surface area contributed by atoms with Crippen LogP contribution in [0.25, 0.3) is 11.0 Å². The van der Waals surface area contributed by atoms with E-state index in [1.54, 1.807) is 44.4 Å². The first-order valence-electron chi connectivity index (χ1n) is 10.9. The highest BCUT2D eigenvalue weighted by molar-refractivity contribution is 5.96. The molecule has 6 rings (SSSR count). The highest BCUT2D eigenvalue weighted by Crippen LogP contribution is 2.44. The maximum Gasteiger partial charge on any atom is 0.256 e. The van der Waals surface area contributed by atoms with Crippen molar-refractivity contribution in [2.24, 2.45) is 30.7 Å². The zero-order chi connectivity index (χ0) is 22.2. The quantitative estimate of drug-likeness (QED) is 0.601. The van der Waals surface area contributed by atoms with Crippen LogP contribution >= 0.6 is 0 Å². The van der Waals surface area contributed by atoms with Gasteiger partial charge in [-0.3, -0.25) is 9.59 Å². The molecule has 0 radical (unpaired) electrons. The lowest BCUT2D eigenvalue weighted by Gasteiger charge is -2.43. The Morgan fingerprint density at radius 3 is 2.81 bits per heavy atom. The molecular weight excluding hydrogens is 406 g/mol. The smallest absolute Gasteiger partial charge is 0.256 e. The number of rotatable bonds is 6. The molecule has 164 valence electrons. The molecule has 1 saturated carbocycles. The average Bonchev–Trinajstić information content (AvgIpc) is 3.17. The van der Waals surface area contributed by atoms with Crippen LogP contribution in [0.15, 0.2) is 48.7 Å². The molecule has 0 spiro atoms. The van der Waals surface area contributed by atoms with Gasteiger partial charge in [0.1, 0.15) is 28.1 Å². The van der Waals surface area contributed by atoms with Crippen LogP contribution in [0.5, 0.6) is 11.6 Å². The highest BCUT2D eigenvalue weighted by Gasteiger charge is 2.41. The number of Topliss-reactive ketones (excluding diaryl/α,β-unsaturated/α-hetero) is 1. The zero-order valence-corrected chi connectivity index (χ0v) is 18.1. The number of aromatic nitrogens is 4. The first-order valence-corrected chi connectivity index (χ1v) is 10.9. The summed E-state index contributed by atoms with van der Waals surface area (Å²) in [6.45, 7) is 2.19. The number of allylic oxidation sites excluding steroid dienone is 2. The van der Waals surface area contributed by atoms with E-state index in [1.807, 2.05) is 6.07 Å². The summed E-state index contributed by atoms with van der Waals surface area (Å²) in [4.78, 5) is 30.8. The fraction of sp³-hybridized carbons (Fsp3) is 0.375. The van der Waals surface area contributed by atoms with E-state index in [9.17, 15) is 9.59 Å². The number of nitrogens with one attached hydrogen (secondary N) is 1. The van der Waals surface area contributed by atoms with Gasteiger partial charge in [-0.25, -0.2) is 4.98 Å². The van der Waals surface area contributed by atoms with Crippen molar-refractivity contribution in [3.05, 3.63) is 54.2 Å². The standard InChI is InChI=1S/C24H25N5O3/c1-14(30)20-11-15-5-7-18(20)16(10-15)13-26-23(31)19-4-3-9-25-24(19)32-17-6-8-21-22(12-17)28-29(2)27-21/h3-9,12,15-16,18,20H,10-11,13H2,1-2H3,(H,26,31). The predicted octanol–water partition coefficient (Wildman–Crippen LogP) is 3.30. The summed E-state index contributed by atoms with van der Waals surface area (Å²) in [6, 6.07) is 8.78. The second kappa shape index (κ2) is 8.18. The van der Waals surface area contributed by atoms with Crippen LogP contribution in [0, 0.1) is 23.7 Å². The van der Waals surface area contributed by atoms with Crippen molar-refractivity contribution >= 4 is 22.7 Å². The Balaban J connectivity index is 1.29. The Kier molecular flexibility index (Phi) is 5.20. The van der Waals surface area contributed by atoms with Crippen molar-refractivity contribution in [3.63, 3.8) is 0 Å². The normalized spacial score (nSPS) is 23.9. The number of ketones is 1. The molecule has 8 heteroatoms. The summed E-state index contributed by atoms with van der Waals surface area (Å²) in [5.41, 5.74) is 1.83. The molecule has 0 saturated heterocycles. The monoisotopic (exact) mass is 431 g/mol. The number of nitrogens with zero attached hydrogens (tertiary/aromatic N) is 4. The molecule has 1 fully saturated rings. The van der Waals surface area contributed by atoms with E-state index in [0.29, 0.717) is 29.3 Å². The lowest BCUT2D eigenvalue weighted by Crippen LogP contribution is -2.43. The number of carbonyl (C=O) groups is 2. The van der Waals surface area contributed by atoms with Gasteiger partial charge >= 0.3 is 0 Å². The number of carbonyl (C=O) groups excluding carboxylic acids is 2. The number of fused-ring (bicyclic) bond motifs is 3. The van der Waals surface area contributed by atoms with Gasteiger partial charge in [-0.2, -0.15) is 15.0 Å². The molecule has 32 heavy (non-hydrogen) atoms. The largest absolute Gasteiger partial charge is 0.438 e. The van der Waals surface area contributed by atoms with Gasteiger partial charge in [-0.1, -0.05) is 12.2 Å². The predicted molar refractivity (Wildman–Crippen MR) is 118 cm³/mol. The molecule has 0 aliphatic heterocycles. The lowest BCUT2D eigenvalue weighted by atomic mass is 9.62. The maximum atomic E-state index is 13.0. The SMILES string of the molecule is CC(=O)C1CC2C=CC1C(CNC(=O)c1cccnc1Oc1ccc3nn(C)nc3c1)C2. The fourth-order valence-corrected chi connectivity index (χ4v) is 4.99. The van der Waals surface area contributed by atoms with Crippen LogP contribution in [-0.4, -0.2) is 38.2 Å². The molecule has 3 aromatic rings. The number of hydrogen-bond acceptors (Lipinski definition) is 6. The molecule has 2 heterocycles. The van der Waals surface area contributed by atoms with Crippen molar-refractivity contribution in [3.8, 4) is 11.6 Å².